The maximum atomic E-state index is 13.6. The summed E-state index contributed by atoms with van der Waals surface area (Å²) in [5.41, 5.74) is -0.956. The SMILES string of the molecule is COc1cc(C(c2c(O)nc3n(c2=O)CCS3)c2c(O)nc3n(c2=O)CCS3)cc(OC)c1OC. The molecule has 0 bridgehead atoms. The van der Waals surface area contributed by atoms with E-state index in [-0.39, 0.29) is 22.6 Å². The van der Waals surface area contributed by atoms with E-state index in [4.69, 9.17) is 14.2 Å². The molecule has 0 radical (unpaired) electrons. The van der Waals surface area contributed by atoms with Gasteiger partial charge in [0.1, 0.15) is 0 Å². The van der Waals surface area contributed by atoms with Crippen LogP contribution in [0.4, 0.5) is 0 Å². The number of ether oxygens (including phenoxy) is 3. The lowest BCUT2D eigenvalue weighted by Gasteiger charge is -2.22. The molecule has 2 aliphatic heterocycles. The number of aromatic nitrogens is 4. The van der Waals surface area contributed by atoms with Crippen molar-refractivity contribution in [3.63, 3.8) is 0 Å². The lowest BCUT2D eigenvalue weighted by atomic mass is 9.86. The van der Waals surface area contributed by atoms with Crippen molar-refractivity contribution in [3.05, 3.63) is 49.5 Å². The second-order valence-electron chi connectivity index (χ2n) is 7.77. The molecule has 1 aromatic carbocycles. The minimum Gasteiger partial charge on any atom is -0.493 e. The Labute approximate surface area is 207 Å². The minimum atomic E-state index is -1.21. The van der Waals surface area contributed by atoms with Crippen molar-refractivity contribution in [1.82, 2.24) is 19.1 Å². The molecule has 2 N–H and O–H groups in total. The van der Waals surface area contributed by atoms with E-state index in [0.717, 1.165) is 0 Å². The van der Waals surface area contributed by atoms with Crippen LogP contribution < -0.4 is 25.3 Å². The molecule has 184 valence electrons. The molecule has 3 aromatic rings. The van der Waals surface area contributed by atoms with E-state index in [9.17, 15) is 19.8 Å². The first-order valence-electron chi connectivity index (χ1n) is 10.6. The highest BCUT2D eigenvalue weighted by molar-refractivity contribution is 7.99. The Balaban J connectivity index is 1.87. The molecule has 13 heteroatoms. The molecule has 0 unspecified atom stereocenters. The zero-order chi connectivity index (χ0) is 24.9. The lowest BCUT2D eigenvalue weighted by Crippen LogP contribution is -2.32. The van der Waals surface area contributed by atoms with Crippen LogP contribution in [0.2, 0.25) is 0 Å². The van der Waals surface area contributed by atoms with Crippen LogP contribution in [0, 0.1) is 0 Å². The summed E-state index contributed by atoms with van der Waals surface area (Å²) in [5.74, 6) is -0.124. The van der Waals surface area contributed by atoms with Crippen molar-refractivity contribution in [3.8, 4) is 29.0 Å². The molecule has 0 fully saturated rings. The van der Waals surface area contributed by atoms with E-state index in [1.807, 2.05) is 0 Å². The third kappa shape index (κ3) is 3.69. The monoisotopic (exact) mass is 518 g/mol. The maximum Gasteiger partial charge on any atom is 0.262 e. The highest BCUT2D eigenvalue weighted by atomic mass is 32.2. The zero-order valence-electron chi connectivity index (χ0n) is 19.1. The molecule has 0 aliphatic carbocycles. The maximum absolute atomic E-state index is 13.6. The number of hydrogen-bond acceptors (Lipinski definition) is 11. The van der Waals surface area contributed by atoms with Gasteiger partial charge in [0.15, 0.2) is 21.8 Å². The summed E-state index contributed by atoms with van der Waals surface area (Å²) in [4.78, 5) is 35.6. The molecule has 2 aromatic heterocycles. The number of methoxy groups -OCH3 is 3. The van der Waals surface area contributed by atoms with Crippen LogP contribution in [0.1, 0.15) is 22.6 Å². The summed E-state index contributed by atoms with van der Waals surface area (Å²) >= 11 is 2.71. The van der Waals surface area contributed by atoms with Gasteiger partial charge in [-0.2, -0.15) is 9.97 Å². The Morgan fingerprint density at radius 1 is 0.829 bits per heavy atom. The Bertz CT molecular complexity index is 1350. The number of hydrogen-bond donors (Lipinski definition) is 2. The van der Waals surface area contributed by atoms with Crippen LogP contribution in [0.3, 0.4) is 0 Å². The zero-order valence-corrected chi connectivity index (χ0v) is 20.7. The van der Waals surface area contributed by atoms with Crippen molar-refractivity contribution < 1.29 is 24.4 Å². The summed E-state index contributed by atoms with van der Waals surface area (Å²) in [7, 11) is 4.34. The molecule has 35 heavy (non-hydrogen) atoms. The fourth-order valence-corrected chi connectivity index (χ4v) is 6.28. The molecular formula is C22H22N4O7S2. The quantitative estimate of drug-likeness (QED) is 0.461. The van der Waals surface area contributed by atoms with Gasteiger partial charge in [0, 0.05) is 24.6 Å². The molecule has 0 saturated carbocycles. The van der Waals surface area contributed by atoms with E-state index in [1.54, 1.807) is 12.1 Å². The van der Waals surface area contributed by atoms with Gasteiger partial charge >= 0.3 is 0 Å². The van der Waals surface area contributed by atoms with Gasteiger partial charge < -0.3 is 24.4 Å². The Morgan fingerprint density at radius 3 is 1.69 bits per heavy atom. The summed E-state index contributed by atoms with van der Waals surface area (Å²) in [6.07, 6.45) is 0. The van der Waals surface area contributed by atoms with E-state index in [0.29, 0.717) is 46.2 Å². The van der Waals surface area contributed by atoms with Crippen LogP contribution >= 0.6 is 23.5 Å². The minimum absolute atomic E-state index is 0.147. The van der Waals surface area contributed by atoms with Crippen molar-refractivity contribution >= 4 is 23.5 Å². The number of benzene rings is 1. The first-order valence-corrected chi connectivity index (χ1v) is 12.6. The summed E-state index contributed by atoms with van der Waals surface area (Å²) < 4.78 is 19.3. The van der Waals surface area contributed by atoms with Crippen molar-refractivity contribution in [2.45, 2.75) is 29.3 Å². The summed E-state index contributed by atoms with van der Waals surface area (Å²) in [6, 6.07) is 3.14. The largest absolute Gasteiger partial charge is 0.493 e. The third-order valence-corrected chi connectivity index (χ3v) is 7.90. The molecule has 0 spiro atoms. The highest BCUT2D eigenvalue weighted by Gasteiger charge is 2.35. The fourth-order valence-electron chi connectivity index (χ4n) is 4.40. The van der Waals surface area contributed by atoms with Crippen LogP contribution in [-0.2, 0) is 13.1 Å². The molecular weight excluding hydrogens is 496 g/mol. The van der Waals surface area contributed by atoms with E-state index >= 15 is 0 Å². The first-order chi connectivity index (χ1) is 16.9. The topological polar surface area (TPSA) is 138 Å². The summed E-state index contributed by atoms with van der Waals surface area (Å²) in [5, 5.41) is 22.7. The van der Waals surface area contributed by atoms with Gasteiger partial charge in [-0.05, 0) is 17.7 Å². The van der Waals surface area contributed by atoms with Gasteiger partial charge in [0.2, 0.25) is 17.5 Å². The van der Waals surface area contributed by atoms with Gasteiger partial charge in [0.25, 0.3) is 11.1 Å². The van der Waals surface area contributed by atoms with E-state index in [2.05, 4.69) is 9.97 Å². The molecule has 4 heterocycles. The molecule has 0 amide bonds. The molecule has 5 rings (SSSR count). The Hall–Kier alpha value is -3.32. The predicted octanol–water partition coefficient (Wildman–Crippen LogP) is 1.63. The molecule has 2 aliphatic rings. The average Bonchev–Trinajstić information content (AvgIpc) is 3.51. The van der Waals surface area contributed by atoms with Gasteiger partial charge in [-0.1, -0.05) is 23.5 Å². The van der Waals surface area contributed by atoms with E-state index < -0.39 is 28.8 Å². The lowest BCUT2D eigenvalue weighted by molar-refractivity contribution is 0.323. The second kappa shape index (κ2) is 9.04. The second-order valence-corrected chi connectivity index (χ2v) is 9.89. The van der Waals surface area contributed by atoms with Crippen LogP contribution in [0.25, 0.3) is 0 Å². The van der Waals surface area contributed by atoms with Crippen LogP contribution in [0.15, 0.2) is 32.0 Å². The normalized spacial score (nSPS) is 14.2. The highest BCUT2D eigenvalue weighted by Crippen LogP contribution is 2.45. The number of nitrogens with zero attached hydrogens (tertiary/aromatic N) is 4. The predicted molar refractivity (Wildman–Crippen MR) is 129 cm³/mol. The van der Waals surface area contributed by atoms with Crippen LogP contribution in [0.5, 0.6) is 29.0 Å². The van der Waals surface area contributed by atoms with Crippen molar-refractivity contribution in [2.24, 2.45) is 0 Å². The van der Waals surface area contributed by atoms with Gasteiger partial charge in [-0.15, -0.1) is 0 Å². The summed E-state index contributed by atoms with van der Waals surface area (Å²) in [6.45, 7) is 0.816. The third-order valence-electron chi connectivity index (χ3n) is 5.99. The van der Waals surface area contributed by atoms with Crippen molar-refractivity contribution in [1.29, 1.82) is 0 Å². The Morgan fingerprint density at radius 2 is 1.29 bits per heavy atom. The molecule has 11 nitrogen and oxygen atoms in total. The standard InChI is InChI=1S/C22H22N4O7S2/c1-31-11-8-10(9-12(32-2)16(11)33-3)13(14-17(27)23-21-25(19(14)29)4-6-34-21)15-18(28)24-22-26(20(15)30)5-7-35-22/h8-9,13,27-28H,4-7H2,1-3H3. The van der Waals surface area contributed by atoms with E-state index in [1.165, 1.54) is 54.0 Å². The molecule has 0 atom stereocenters. The number of fused-ring (bicyclic) bond motifs is 2. The smallest absolute Gasteiger partial charge is 0.262 e. The van der Waals surface area contributed by atoms with Gasteiger partial charge in [0.05, 0.1) is 38.4 Å². The average molecular weight is 519 g/mol. The number of rotatable bonds is 6. The fraction of sp³-hybridized carbons (Fsp3) is 0.364. The van der Waals surface area contributed by atoms with Crippen LogP contribution in [-0.4, -0.2) is 62.2 Å². The van der Waals surface area contributed by atoms with Crippen molar-refractivity contribution in [2.75, 3.05) is 32.8 Å². The first kappa shape index (κ1) is 23.4. The van der Waals surface area contributed by atoms with Gasteiger partial charge in [-0.25, -0.2) is 0 Å². The number of thioether (sulfide) groups is 2. The molecule has 0 saturated heterocycles. The Kier molecular flexibility index (Phi) is 6.05. The van der Waals surface area contributed by atoms with Gasteiger partial charge in [-0.3, -0.25) is 18.7 Å². The number of aromatic hydroxyl groups is 2.